The Bertz CT molecular complexity index is 366. The normalized spacial score (nSPS) is 17.2. The van der Waals surface area contributed by atoms with Crippen molar-refractivity contribution in [3.63, 3.8) is 0 Å². The predicted molar refractivity (Wildman–Crippen MR) is 60.4 cm³/mol. The van der Waals surface area contributed by atoms with Crippen molar-refractivity contribution in [2.45, 2.75) is 25.3 Å². The predicted octanol–water partition coefficient (Wildman–Crippen LogP) is 2.14. The molecule has 4 heteroatoms. The third-order valence-electron chi connectivity index (χ3n) is 3.03. The summed E-state index contributed by atoms with van der Waals surface area (Å²) in [5.74, 6) is 6.67. The van der Waals surface area contributed by atoms with Crippen molar-refractivity contribution in [3.05, 3.63) is 29.6 Å². The molecule has 0 spiro atoms. The summed E-state index contributed by atoms with van der Waals surface area (Å²) >= 11 is 0. The van der Waals surface area contributed by atoms with Gasteiger partial charge in [0.2, 0.25) is 0 Å². The summed E-state index contributed by atoms with van der Waals surface area (Å²) in [7, 11) is 1.58. The summed E-state index contributed by atoms with van der Waals surface area (Å²) in [4.78, 5) is 0. The molecule has 0 saturated heterocycles. The Labute approximate surface area is 94.8 Å². The summed E-state index contributed by atoms with van der Waals surface area (Å²) in [5, 5.41) is 0. The Balaban J connectivity index is 2.23. The second-order valence-electron chi connectivity index (χ2n) is 4.28. The van der Waals surface area contributed by atoms with Crippen molar-refractivity contribution >= 4 is 0 Å². The number of nitrogens with two attached hydrogens (primary N) is 1. The number of methoxy groups -OCH3 is 1. The minimum Gasteiger partial charge on any atom is -0.496 e. The molecule has 1 aromatic rings. The average molecular weight is 224 g/mol. The first-order valence-electron chi connectivity index (χ1n) is 5.54. The lowest BCUT2D eigenvalue weighted by atomic mass is 10.0. The molecule has 16 heavy (non-hydrogen) atoms. The van der Waals surface area contributed by atoms with Crippen molar-refractivity contribution in [1.29, 1.82) is 0 Å². The molecule has 0 heterocycles. The van der Waals surface area contributed by atoms with Gasteiger partial charge in [0, 0.05) is 11.6 Å². The highest BCUT2D eigenvalue weighted by Gasteiger charge is 2.27. The zero-order valence-electron chi connectivity index (χ0n) is 9.37. The molecule has 1 atom stereocenters. The highest BCUT2D eigenvalue weighted by Crippen LogP contribution is 2.39. The molecule has 0 aliphatic heterocycles. The fourth-order valence-electron chi connectivity index (χ4n) is 1.95. The molecule has 2 rings (SSSR count). The number of ether oxygens (including phenoxy) is 1. The van der Waals surface area contributed by atoms with Crippen molar-refractivity contribution < 1.29 is 9.13 Å². The van der Waals surface area contributed by atoms with Gasteiger partial charge in [-0.25, -0.2) is 4.39 Å². The molecule has 1 saturated carbocycles. The van der Waals surface area contributed by atoms with Crippen LogP contribution < -0.4 is 16.0 Å². The number of benzene rings is 1. The van der Waals surface area contributed by atoms with E-state index in [2.05, 4.69) is 5.43 Å². The van der Waals surface area contributed by atoms with Gasteiger partial charge in [-0.15, -0.1) is 0 Å². The summed E-state index contributed by atoms with van der Waals surface area (Å²) in [6.45, 7) is 0. The fourth-order valence-corrected chi connectivity index (χ4v) is 1.95. The number of rotatable bonds is 5. The second kappa shape index (κ2) is 4.80. The molecular weight excluding hydrogens is 207 g/mol. The van der Waals surface area contributed by atoms with Gasteiger partial charge in [0.1, 0.15) is 11.6 Å². The zero-order valence-corrected chi connectivity index (χ0v) is 9.37. The third-order valence-corrected chi connectivity index (χ3v) is 3.03. The Morgan fingerprint density at radius 2 is 2.31 bits per heavy atom. The van der Waals surface area contributed by atoms with Crippen LogP contribution in [0.2, 0.25) is 0 Å². The van der Waals surface area contributed by atoms with E-state index in [-0.39, 0.29) is 11.9 Å². The van der Waals surface area contributed by atoms with Gasteiger partial charge in [0.15, 0.2) is 0 Å². The Hall–Kier alpha value is -1.13. The standard InChI is InChI=1S/C12H17FN2O/c1-16-12-5-4-9(13)7-10(12)11(15-14)6-8-2-3-8/h4-5,7-8,11,15H,2-3,6,14H2,1H3. The topological polar surface area (TPSA) is 47.3 Å². The maximum Gasteiger partial charge on any atom is 0.123 e. The molecular formula is C12H17FN2O. The summed E-state index contributed by atoms with van der Waals surface area (Å²) in [5.41, 5.74) is 3.55. The lowest BCUT2D eigenvalue weighted by Crippen LogP contribution is -2.28. The van der Waals surface area contributed by atoms with Gasteiger partial charge in [-0.1, -0.05) is 12.8 Å². The van der Waals surface area contributed by atoms with Crippen molar-refractivity contribution in [2.24, 2.45) is 11.8 Å². The lowest BCUT2D eigenvalue weighted by molar-refractivity contribution is 0.390. The molecule has 3 nitrogen and oxygen atoms in total. The smallest absolute Gasteiger partial charge is 0.123 e. The molecule has 1 aromatic carbocycles. The Morgan fingerprint density at radius 3 is 2.88 bits per heavy atom. The molecule has 1 unspecified atom stereocenters. The largest absolute Gasteiger partial charge is 0.496 e. The third kappa shape index (κ3) is 2.51. The number of hydrazine groups is 1. The van der Waals surface area contributed by atoms with E-state index in [1.807, 2.05) is 0 Å². The number of hydrogen-bond donors (Lipinski definition) is 2. The number of nitrogens with one attached hydrogen (secondary N) is 1. The van der Waals surface area contributed by atoms with Crippen molar-refractivity contribution in [2.75, 3.05) is 7.11 Å². The van der Waals surface area contributed by atoms with Gasteiger partial charge in [-0.05, 0) is 30.5 Å². The van der Waals surface area contributed by atoms with Crippen LogP contribution in [0.3, 0.4) is 0 Å². The lowest BCUT2D eigenvalue weighted by Gasteiger charge is -2.18. The van der Waals surface area contributed by atoms with Crippen LogP contribution in [-0.2, 0) is 0 Å². The van der Waals surface area contributed by atoms with Crippen molar-refractivity contribution in [1.82, 2.24) is 5.43 Å². The highest BCUT2D eigenvalue weighted by atomic mass is 19.1. The first-order chi connectivity index (χ1) is 7.74. The quantitative estimate of drug-likeness (QED) is 0.595. The van der Waals surface area contributed by atoms with Crippen LogP contribution in [0.25, 0.3) is 0 Å². The monoisotopic (exact) mass is 224 g/mol. The highest BCUT2D eigenvalue weighted by molar-refractivity contribution is 5.36. The van der Waals surface area contributed by atoms with E-state index < -0.39 is 0 Å². The van der Waals surface area contributed by atoms with E-state index in [1.165, 1.54) is 25.0 Å². The van der Waals surface area contributed by atoms with E-state index in [4.69, 9.17) is 10.6 Å². The maximum absolute atomic E-state index is 13.2. The van der Waals surface area contributed by atoms with Gasteiger partial charge in [0.05, 0.1) is 7.11 Å². The van der Waals surface area contributed by atoms with E-state index >= 15 is 0 Å². The zero-order chi connectivity index (χ0) is 11.5. The summed E-state index contributed by atoms with van der Waals surface area (Å²) in [6.07, 6.45) is 3.43. The van der Waals surface area contributed by atoms with E-state index in [0.717, 1.165) is 12.0 Å². The molecule has 0 aromatic heterocycles. The second-order valence-corrected chi connectivity index (χ2v) is 4.28. The van der Waals surface area contributed by atoms with Crippen LogP contribution >= 0.6 is 0 Å². The first kappa shape index (κ1) is 11.4. The minimum atomic E-state index is -0.258. The first-order valence-corrected chi connectivity index (χ1v) is 5.54. The van der Waals surface area contributed by atoms with E-state index in [9.17, 15) is 4.39 Å². The molecule has 0 bridgehead atoms. The fraction of sp³-hybridized carbons (Fsp3) is 0.500. The van der Waals surface area contributed by atoms with Crippen molar-refractivity contribution in [3.8, 4) is 5.75 Å². The van der Waals surface area contributed by atoms with Gasteiger partial charge < -0.3 is 4.74 Å². The van der Waals surface area contributed by atoms with Crippen LogP contribution in [0.5, 0.6) is 5.75 Å². The molecule has 88 valence electrons. The molecule has 3 N–H and O–H groups in total. The van der Waals surface area contributed by atoms with Gasteiger partial charge in [-0.3, -0.25) is 11.3 Å². The van der Waals surface area contributed by atoms with Gasteiger partial charge in [0.25, 0.3) is 0 Å². The molecule has 0 amide bonds. The maximum atomic E-state index is 13.2. The molecule has 1 fully saturated rings. The average Bonchev–Trinajstić information content (AvgIpc) is 3.09. The number of halogens is 1. The molecule has 0 radical (unpaired) electrons. The Kier molecular flexibility index (Phi) is 3.41. The van der Waals surface area contributed by atoms with E-state index in [0.29, 0.717) is 11.7 Å². The summed E-state index contributed by atoms with van der Waals surface area (Å²) in [6, 6.07) is 4.50. The molecule has 1 aliphatic carbocycles. The van der Waals surface area contributed by atoms with Gasteiger partial charge in [-0.2, -0.15) is 0 Å². The van der Waals surface area contributed by atoms with Crippen LogP contribution in [0.4, 0.5) is 4.39 Å². The van der Waals surface area contributed by atoms with Crippen LogP contribution in [-0.4, -0.2) is 7.11 Å². The van der Waals surface area contributed by atoms with Gasteiger partial charge >= 0.3 is 0 Å². The number of hydrogen-bond acceptors (Lipinski definition) is 3. The minimum absolute atomic E-state index is 0.0295. The summed E-state index contributed by atoms with van der Waals surface area (Å²) < 4.78 is 18.4. The van der Waals surface area contributed by atoms with Crippen LogP contribution in [0.1, 0.15) is 30.9 Å². The van der Waals surface area contributed by atoms with E-state index in [1.54, 1.807) is 13.2 Å². The molecule has 1 aliphatic rings. The van der Waals surface area contributed by atoms with Crippen LogP contribution in [0, 0.1) is 11.7 Å². The van der Waals surface area contributed by atoms with Crippen LogP contribution in [0.15, 0.2) is 18.2 Å². The SMILES string of the molecule is COc1ccc(F)cc1C(CC1CC1)NN. The Morgan fingerprint density at radius 1 is 1.56 bits per heavy atom.